The van der Waals surface area contributed by atoms with Gasteiger partial charge in [0.25, 0.3) is 10.1 Å². The van der Waals surface area contributed by atoms with Crippen LogP contribution in [0.2, 0.25) is 0 Å². The summed E-state index contributed by atoms with van der Waals surface area (Å²) in [5.74, 6) is -0.142. The second kappa shape index (κ2) is 10.6. The molecule has 1 amide bonds. The van der Waals surface area contributed by atoms with Gasteiger partial charge >= 0.3 is 0 Å². The zero-order chi connectivity index (χ0) is 23.3. The summed E-state index contributed by atoms with van der Waals surface area (Å²) < 4.78 is 36.1. The summed E-state index contributed by atoms with van der Waals surface area (Å²) in [7, 11) is -4.04. The largest absolute Gasteiger partial charge is 0.463 e. The van der Waals surface area contributed by atoms with Gasteiger partial charge in [-0.05, 0) is 43.4 Å². The summed E-state index contributed by atoms with van der Waals surface area (Å²) >= 11 is 0. The highest BCUT2D eigenvalue weighted by atomic mass is 32.2. The Hall–Kier alpha value is -1.68. The summed E-state index contributed by atoms with van der Waals surface area (Å²) in [5, 5.41) is 13.1. The van der Waals surface area contributed by atoms with Crippen molar-refractivity contribution in [3.05, 3.63) is 28.8 Å². The molecular formula is C21H36N2O6S. The number of rotatable bonds is 11. The smallest absolute Gasteiger partial charge is 0.264 e. The molecule has 0 bridgehead atoms. The molecule has 0 saturated carbocycles. The Labute approximate surface area is 179 Å². The molecule has 172 valence electrons. The van der Waals surface area contributed by atoms with Crippen LogP contribution in [-0.2, 0) is 20.3 Å². The maximum atomic E-state index is 12.4. The third-order valence-corrected chi connectivity index (χ3v) is 5.78. The number of aliphatic hydroxyl groups is 1. The average Bonchev–Trinajstić information content (AvgIpc) is 2.55. The number of nitrogens with one attached hydrogen (secondary N) is 1. The highest BCUT2D eigenvalue weighted by Crippen LogP contribution is 2.38. The van der Waals surface area contributed by atoms with Crippen LogP contribution in [0.4, 0.5) is 0 Å². The summed E-state index contributed by atoms with van der Waals surface area (Å²) in [4.78, 5) is 12.4. The molecule has 30 heavy (non-hydrogen) atoms. The van der Waals surface area contributed by atoms with Crippen molar-refractivity contribution in [2.45, 2.75) is 72.1 Å². The number of carbonyl (C=O) groups is 1. The van der Waals surface area contributed by atoms with E-state index in [1.807, 2.05) is 53.7 Å². The van der Waals surface area contributed by atoms with Crippen molar-refractivity contribution in [2.75, 3.05) is 12.3 Å². The second-order valence-electron chi connectivity index (χ2n) is 8.83. The minimum Gasteiger partial charge on any atom is -0.463 e. The molecule has 0 saturated heterocycles. The highest BCUT2D eigenvalue weighted by molar-refractivity contribution is 7.85. The van der Waals surface area contributed by atoms with E-state index in [-0.39, 0.29) is 31.2 Å². The maximum absolute atomic E-state index is 12.4. The lowest BCUT2D eigenvalue weighted by molar-refractivity contribution is -0.122. The lowest BCUT2D eigenvalue weighted by Crippen LogP contribution is -2.43. The van der Waals surface area contributed by atoms with Gasteiger partial charge in [0.1, 0.15) is 5.75 Å². The lowest BCUT2D eigenvalue weighted by atomic mass is 9.78. The SMILES string of the molecule is Cc1cc(C)c(C(C)(C)CC(=O)NCCCS(=O)(=O)O)c(OC(O)[C@@H](N)C(C)C)c1. The van der Waals surface area contributed by atoms with Gasteiger partial charge in [-0.15, -0.1) is 0 Å². The predicted octanol–water partition coefficient (Wildman–Crippen LogP) is 2.05. The third-order valence-electron chi connectivity index (χ3n) is 4.97. The first-order chi connectivity index (χ1) is 13.6. The molecule has 1 rings (SSSR count). The Morgan fingerprint density at radius 3 is 2.40 bits per heavy atom. The molecule has 8 nitrogen and oxygen atoms in total. The van der Waals surface area contributed by atoms with E-state index in [4.69, 9.17) is 15.0 Å². The maximum Gasteiger partial charge on any atom is 0.264 e. The molecule has 2 atom stereocenters. The van der Waals surface area contributed by atoms with Crippen LogP contribution in [0.5, 0.6) is 5.75 Å². The van der Waals surface area contributed by atoms with Gasteiger partial charge in [0, 0.05) is 23.9 Å². The first kappa shape index (κ1) is 26.4. The highest BCUT2D eigenvalue weighted by Gasteiger charge is 2.31. The fourth-order valence-electron chi connectivity index (χ4n) is 3.46. The molecule has 0 fully saturated rings. The number of amides is 1. The normalized spacial score (nSPS) is 14.5. The second-order valence-corrected chi connectivity index (χ2v) is 10.4. The molecule has 0 aromatic heterocycles. The number of aliphatic hydroxyl groups excluding tert-OH is 1. The summed E-state index contributed by atoms with van der Waals surface area (Å²) in [6.45, 7) is 11.6. The predicted molar refractivity (Wildman–Crippen MR) is 117 cm³/mol. The van der Waals surface area contributed by atoms with Crippen LogP contribution in [0.3, 0.4) is 0 Å². The zero-order valence-electron chi connectivity index (χ0n) is 18.7. The Kier molecular flexibility index (Phi) is 9.28. The number of carbonyl (C=O) groups excluding carboxylic acids is 1. The van der Waals surface area contributed by atoms with E-state index in [9.17, 15) is 18.3 Å². The van der Waals surface area contributed by atoms with Gasteiger partial charge in [0.2, 0.25) is 12.2 Å². The number of hydrogen-bond acceptors (Lipinski definition) is 6. The topological polar surface area (TPSA) is 139 Å². The fourth-order valence-corrected chi connectivity index (χ4v) is 3.97. The van der Waals surface area contributed by atoms with Gasteiger partial charge in [0.15, 0.2) is 0 Å². The molecule has 1 unspecified atom stereocenters. The van der Waals surface area contributed by atoms with Gasteiger partial charge in [-0.2, -0.15) is 8.42 Å². The van der Waals surface area contributed by atoms with Crippen molar-refractivity contribution in [1.82, 2.24) is 5.32 Å². The first-order valence-corrected chi connectivity index (χ1v) is 11.7. The summed E-state index contributed by atoms with van der Waals surface area (Å²) in [6, 6.07) is 3.25. The van der Waals surface area contributed by atoms with E-state index in [0.717, 1.165) is 16.7 Å². The Morgan fingerprint density at radius 1 is 1.27 bits per heavy atom. The molecule has 9 heteroatoms. The minimum absolute atomic E-state index is 0.0240. The molecule has 0 heterocycles. The molecule has 0 aliphatic carbocycles. The van der Waals surface area contributed by atoms with Crippen molar-refractivity contribution in [3.8, 4) is 5.75 Å². The molecule has 0 aliphatic rings. The lowest BCUT2D eigenvalue weighted by Gasteiger charge is -2.31. The average molecular weight is 445 g/mol. The Balaban J connectivity index is 3.00. The van der Waals surface area contributed by atoms with Crippen molar-refractivity contribution in [2.24, 2.45) is 11.7 Å². The van der Waals surface area contributed by atoms with Crippen molar-refractivity contribution in [3.63, 3.8) is 0 Å². The molecule has 5 N–H and O–H groups in total. The van der Waals surface area contributed by atoms with Crippen LogP contribution in [-0.4, -0.2) is 48.6 Å². The third kappa shape index (κ3) is 8.22. The quantitative estimate of drug-likeness (QED) is 0.233. The van der Waals surface area contributed by atoms with Gasteiger partial charge < -0.3 is 20.9 Å². The van der Waals surface area contributed by atoms with E-state index in [1.165, 1.54) is 0 Å². The number of aryl methyl sites for hydroxylation is 2. The number of benzene rings is 1. The first-order valence-electron chi connectivity index (χ1n) is 10.1. The zero-order valence-corrected chi connectivity index (χ0v) is 19.5. The van der Waals surface area contributed by atoms with Crippen LogP contribution < -0.4 is 15.8 Å². The van der Waals surface area contributed by atoms with E-state index in [1.54, 1.807) is 0 Å². The van der Waals surface area contributed by atoms with Gasteiger partial charge in [-0.25, -0.2) is 0 Å². The van der Waals surface area contributed by atoms with Crippen LogP contribution >= 0.6 is 0 Å². The van der Waals surface area contributed by atoms with Crippen molar-refractivity contribution in [1.29, 1.82) is 0 Å². The molecule has 0 aliphatic heterocycles. The Bertz CT molecular complexity index is 836. The molecule has 1 aromatic carbocycles. The number of nitrogens with two attached hydrogens (primary N) is 1. The summed E-state index contributed by atoms with van der Waals surface area (Å²) in [6.07, 6.45) is -0.928. The van der Waals surface area contributed by atoms with E-state index in [0.29, 0.717) is 5.75 Å². The monoisotopic (exact) mass is 444 g/mol. The fraction of sp³-hybridized carbons (Fsp3) is 0.667. The molecule has 0 spiro atoms. The number of ether oxygens (including phenoxy) is 1. The van der Waals surface area contributed by atoms with Crippen LogP contribution in [0.1, 0.15) is 57.2 Å². The van der Waals surface area contributed by atoms with E-state index >= 15 is 0 Å². The standard InChI is InChI=1S/C21H36N2O6S/c1-13(2)19(22)20(25)29-16-11-14(3)10-15(4)18(16)21(5,6)12-17(24)23-8-7-9-30(26,27)28/h10-11,13,19-20,25H,7-9,12,22H2,1-6H3,(H,23,24)(H,26,27,28)/t19-,20?/m0/s1. The molecule has 0 radical (unpaired) electrons. The molecule has 1 aromatic rings. The summed E-state index contributed by atoms with van der Waals surface area (Å²) in [5.41, 5.74) is 8.09. The minimum atomic E-state index is -4.04. The molecular weight excluding hydrogens is 408 g/mol. The van der Waals surface area contributed by atoms with E-state index in [2.05, 4.69) is 5.32 Å². The van der Waals surface area contributed by atoms with Crippen molar-refractivity contribution >= 4 is 16.0 Å². The van der Waals surface area contributed by atoms with Crippen LogP contribution in [0.25, 0.3) is 0 Å². The van der Waals surface area contributed by atoms with Gasteiger partial charge in [-0.1, -0.05) is 33.8 Å². The van der Waals surface area contributed by atoms with E-state index < -0.39 is 33.6 Å². The van der Waals surface area contributed by atoms with Crippen LogP contribution in [0.15, 0.2) is 12.1 Å². The van der Waals surface area contributed by atoms with Crippen molar-refractivity contribution < 1.29 is 27.6 Å². The number of hydrogen-bond donors (Lipinski definition) is 4. The Morgan fingerprint density at radius 2 is 1.87 bits per heavy atom. The van der Waals surface area contributed by atoms with Gasteiger partial charge in [-0.3, -0.25) is 9.35 Å². The van der Waals surface area contributed by atoms with Gasteiger partial charge in [0.05, 0.1) is 11.8 Å². The van der Waals surface area contributed by atoms with Crippen LogP contribution in [0, 0.1) is 19.8 Å².